The molecule has 2 amide bonds. The number of halogens is 4. The van der Waals surface area contributed by atoms with E-state index in [0.717, 1.165) is 45.5 Å². The number of methoxy groups -OCH3 is 3. The second-order valence-corrected chi connectivity index (χ2v) is 24.6. The van der Waals surface area contributed by atoms with Gasteiger partial charge in [-0.1, -0.05) is 255 Å². The normalized spacial score (nSPS) is 12.6. The van der Waals surface area contributed by atoms with E-state index in [4.69, 9.17) is 53.8 Å². The van der Waals surface area contributed by atoms with Crippen molar-refractivity contribution in [2.24, 2.45) is 11.1 Å². The molecule has 0 saturated heterocycles. The smallest absolute Gasteiger partial charge is 0.221 e. The van der Waals surface area contributed by atoms with Gasteiger partial charge in [0.15, 0.2) is 0 Å². The number of amides is 2. The van der Waals surface area contributed by atoms with Gasteiger partial charge in [-0.05, 0) is 168 Å². The van der Waals surface area contributed by atoms with Gasteiger partial charge in [-0.15, -0.1) is 4.91 Å². The van der Waals surface area contributed by atoms with Gasteiger partial charge >= 0.3 is 0 Å². The van der Waals surface area contributed by atoms with E-state index in [2.05, 4.69) is 116 Å². The number of rotatable bonds is 16. The maximum atomic E-state index is 12.3. The molecule has 10 nitrogen and oxygen atoms in total. The van der Waals surface area contributed by atoms with Gasteiger partial charge in [0.25, 0.3) is 0 Å². The molecule has 96 heavy (non-hydrogen) atoms. The Kier molecular flexibility index (Phi) is 38.7. The molecule has 1 fully saturated rings. The lowest BCUT2D eigenvalue weighted by Gasteiger charge is -2.29. The first kappa shape index (κ1) is 84.2. The third-order valence-electron chi connectivity index (χ3n) is 15.8. The summed E-state index contributed by atoms with van der Waals surface area (Å²) in [7, 11) is 5.11. The van der Waals surface area contributed by atoms with E-state index in [1.54, 1.807) is 47.3 Å². The summed E-state index contributed by atoms with van der Waals surface area (Å²) in [6.07, 6.45) is 5.70. The molecule has 0 aromatic heterocycles. The summed E-state index contributed by atoms with van der Waals surface area (Å²) in [5, 5.41) is 10.3. The van der Waals surface area contributed by atoms with Gasteiger partial charge in [0.05, 0.1) is 18.8 Å². The molecular weight excluding hydrogens is 1260 g/mol. The Morgan fingerprint density at radius 3 is 1.23 bits per heavy atom. The van der Waals surface area contributed by atoms with Crippen LogP contribution in [-0.4, -0.2) is 39.8 Å². The number of nitrogens with one attached hydrogen (secondary N) is 2. The van der Waals surface area contributed by atoms with Crippen molar-refractivity contribution in [2.45, 2.75) is 139 Å². The van der Waals surface area contributed by atoms with Crippen molar-refractivity contribution in [1.29, 1.82) is 0 Å². The quantitative estimate of drug-likeness (QED) is 0.0923. The maximum absolute atomic E-state index is 12.3. The van der Waals surface area contributed by atoms with Crippen molar-refractivity contribution < 1.29 is 32.9 Å². The van der Waals surface area contributed by atoms with Crippen molar-refractivity contribution in [1.82, 2.24) is 0 Å². The molecule has 1 aliphatic rings. The average Bonchev–Trinajstić information content (AvgIpc) is 0.838. The summed E-state index contributed by atoms with van der Waals surface area (Å²) in [6, 6.07) is 75.5. The predicted octanol–water partition coefficient (Wildman–Crippen LogP) is 23.5. The molecule has 1 saturated carbocycles. The number of anilines is 2. The third-order valence-corrected chi connectivity index (χ3v) is 16.7. The Morgan fingerprint density at radius 2 is 0.854 bits per heavy atom. The van der Waals surface area contributed by atoms with Crippen molar-refractivity contribution in [3.05, 3.63) is 312 Å². The van der Waals surface area contributed by atoms with Gasteiger partial charge in [0, 0.05) is 67.2 Å². The van der Waals surface area contributed by atoms with Gasteiger partial charge in [-0.3, -0.25) is 9.59 Å². The standard InChI is InChI=1S/C16H17ClO.C15H16O.C14H20O.C9H10Cl2O.2C9H11NO.C8H8FNO.2CH4/c1-12-4-6-13(7-5-12)16(2,18-3)14-8-10-15(17)11-9-14;1-15(16-2,13-9-5-3-6-10-13)14-11-7-4-8-12-14;1-12(14-9-3-2-4-10-14)15-11-13-7-5-6-8-13;1-6(12-2)9-7(10)4-3-5-8(9)11;1-7-3-5-9(6-4-7)10-8(2)11;1-9(2,10-11)8-6-4-3-5-7-8;1-6(11)10-8-4-2-7(9)3-5-8;;/h4-11H,1-3H3;3-12H,1-2H3;2-4,9-10,12-13H,5-8,11H2,1H3;3-6H,1-2H3;3-6H,1-2H3,(H,10,11);3-7H,1-2H3;2-5H,1H3,(H,10,11);2*1H4. The van der Waals surface area contributed by atoms with Gasteiger partial charge in [-0.2, -0.15) is 0 Å². The first-order valence-electron chi connectivity index (χ1n) is 31.3. The maximum Gasteiger partial charge on any atom is 0.221 e. The second kappa shape index (κ2) is 44.1. The molecule has 0 radical (unpaired) electrons. The van der Waals surface area contributed by atoms with Crippen LogP contribution < -0.4 is 10.6 Å². The number of nitroso groups, excluding NO2 is 1. The lowest BCUT2D eigenvalue weighted by molar-refractivity contribution is -0.115. The Labute approximate surface area is 588 Å². The van der Waals surface area contributed by atoms with Crippen molar-refractivity contribution in [2.75, 3.05) is 38.6 Å². The number of ether oxygens (including phenoxy) is 4. The van der Waals surface area contributed by atoms with E-state index >= 15 is 0 Å². The molecule has 9 aromatic carbocycles. The molecule has 10 rings (SSSR count). The molecule has 14 heteroatoms. The summed E-state index contributed by atoms with van der Waals surface area (Å²) in [5.74, 6) is 0.320. The van der Waals surface area contributed by atoms with Crippen molar-refractivity contribution >= 4 is 58.0 Å². The Balaban J connectivity index is 0.000000383. The monoisotopic (exact) mass is 1360 g/mol. The van der Waals surface area contributed by atoms with Crippen molar-refractivity contribution in [3.63, 3.8) is 0 Å². The van der Waals surface area contributed by atoms with E-state index in [0.29, 0.717) is 15.7 Å². The van der Waals surface area contributed by atoms with E-state index in [9.17, 15) is 18.9 Å². The molecule has 0 bridgehead atoms. The highest BCUT2D eigenvalue weighted by Gasteiger charge is 2.29. The SMILES string of the molecule is C.C.CC(=O)Nc1ccc(C)cc1.CC(=O)Nc1ccc(F)cc1.CC(C)(N=O)c1ccccc1.CC(OCC1CCCC1)c1ccccc1.COC(C)(c1ccc(C)cc1)c1ccc(Cl)cc1.COC(C)(c1ccccc1)c1ccccc1.COC(C)c1c(Cl)cccc1Cl. The molecular formula is C82H101Cl3FN3O7. The van der Waals surface area contributed by atoms with Crippen LogP contribution >= 0.6 is 34.8 Å². The summed E-state index contributed by atoms with van der Waals surface area (Å²) in [6.45, 7) is 19.8. The second-order valence-electron chi connectivity index (χ2n) is 23.4. The van der Waals surface area contributed by atoms with Gasteiger partial charge < -0.3 is 29.6 Å². The average molecular weight is 1370 g/mol. The lowest BCUT2D eigenvalue weighted by Crippen LogP contribution is -2.25. The largest absolute Gasteiger partial charge is 0.377 e. The van der Waals surface area contributed by atoms with Crippen LogP contribution in [0, 0.1) is 30.5 Å². The van der Waals surface area contributed by atoms with Crippen LogP contribution in [0.15, 0.2) is 242 Å². The number of carbonyl (C=O) groups excluding carboxylic acids is 2. The summed E-state index contributed by atoms with van der Waals surface area (Å²) in [5.41, 5.74) is 10.1. The van der Waals surface area contributed by atoms with Gasteiger partial charge in [-0.25, -0.2) is 4.39 Å². The van der Waals surface area contributed by atoms with E-state index in [-0.39, 0.29) is 50.3 Å². The zero-order chi connectivity index (χ0) is 69.1. The topological polar surface area (TPSA) is 125 Å². The molecule has 514 valence electrons. The molecule has 0 heterocycles. The minimum Gasteiger partial charge on any atom is -0.377 e. The number of benzene rings is 9. The minimum atomic E-state index is -0.596. The fourth-order valence-corrected chi connectivity index (χ4v) is 10.6. The highest BCUT2D eigenvalue weighted by Crippen LogP contribution is 2.35. The van der Waals surface area contributed by atoms with Gasteiger partial charge in [0.1, 0.15) is 22.6 Å². The van der Waals surface area contributed by atoms with Crippen LogP contribution in [-0.2, 0) is 45.3 Å². The molecule has 0 spiro atoms. The molecule has 3 unspecified atom stereocenters. The summed E-state index contributed by atoms with van der Waals surface area (Å²) in [4.78, 5) is 31.5. The van der Waals surface area contributed by atoms with Crippen LogP contribution in [0.5, 0.6) is 0 Å². The van der Waals surface area contributed by atoms with Crippen LogP contribution in [0.3, 0.4) is 0 Å². The highest BCUT2D eigenvalue weighted by atomic mass is 35.5. The van der Waals surface area contributed by atoms with Crippen LogP contribution in [0.2, 0.25) is 15.1 Å². The number of hydrogen-bond donors (Lipinski definition) is 2. The Morgan fingerprint density at radius 1 is 0.500 bits per heavy atom. The number of nitrogens with zero attached hydrogens (tertiary/aromatic N) is 1. The number of aryl methyl sites for hydroxylation is 2. The zero-order valence-corrected chi connectivity index (χ0v) is 58.9. The third kappa shape index (κ3) is 28.9. The zero-order valence-electron chi connectivity index (χ0n) is 56.6. The molecule has 3 atom stereocenters. The van der Waals surface area contributed by atoms with E-state index < -0.39 is 11.1 Å². The van der Waals surface area contributed by atoms with Crippen LogP contribution in [0.1, 0.15) is 158 Å². The summed E-state index contributed by atoms with van der Waals surface area (Å²) < 4.78 is 34.8. The number of carbonyl (C=O) groups is 2. The predicted molar refractivity (Wildman–Crippen MR) is 402 cm³/mol. The molecule has 1 aliphatic carbocycles. The Bertz CT molecular complexity index is 3420. The minimum absolute atomic E-state index is 0. The number of hydrogen-bond acceptors (Lipinski definition) is 8. The first-order valence-corrected chi connectivity index (χ1v) is 32.5. The van der Waals surface area contributed by atoms with Crippen molar-refractivity contribution in [3.8, 4) is 0 Å². The highest BCUT2D eigenvalue weighted by molar-refractivity contribution is 6.36. The molecule has 9 aromatic rings. The lowest BCUT2D eigenvalue weighted by atomic mass is 9.87. The first-order chi connectivity index (χ1) is 44.9. The fraction of sp³-hybridized carbons (Fsp3) is 0.317. The molecule has 2 N–H and O–H groups in total. The van der Waals surface area contributed by atoms with Gasteiger partial charge in [0.2, 0.25) is 11.8 Å². The van der Waals surface area contributed by atoms with Crippen LogP contribution in [0.25, 0.3) is 0 Å². The summed E-state index contributed by atoms with van der Waals surface area (Å²) >= 11 is 17.8. The van der Waals surface area contributed by atoms with Crippen LogP contribution in [0.4, 0.5) is 15.8 Å². The Hall–Kier alpha value is -7.84. The van der Waals surface area contributed by atoms with E-state index in [1.165, 1.54) is 91.6 Å². The molecule has 0 aliphatic heterocycles. The fourth-order valence-electron chi connectivity index (χ4n) is 9.73. The van der Waals surface area contributed by atoms with E-state index in [1.807, 2.05) is 141 Å².